The zero-order valence-corrected chi connectivity index (χ0v) is 7.18. The minimum atomic E-state index is -2.34. The summed E-state index contributed by atoms with van der Waals surface area (Å²) < 4.78 is -2.34. The predicted molar refractivity (Wildman–Crippen MR) is 40.3 cm³/mol. The molecule has 4 N–H and O–H groups in total. The lowest BCUT2D eigenvalue weighted by Crippen LogP contribution is -2.48. The zero-order chi connectivity index (χ0) is 9.12. The molecule has 0 bridgehead atoms. The van der Waals surface area contributed by atoms with Crippen molar-refractivity contribution in [3.8, 4) is 0 Å². The van der Waals surface area contributed by atoms with Gasteiger partial charge in [-0.25, -0.2) is 0 Å². The summed E-state index contributed by atoms with van der Waals surface area (Å²) in [4.78, 5) is 0. The van der Waals surface area contributed by atoms with Gasteiger partial charge in [0.1, 0.15) is 0 Å². The van der Waals surface area contributed by atoms with E-state index >= 15 is 0 Å². The zero-order valence-electron chi connectivity index (χ0n) is 5.67. The Bertz CT molecular complexity index is 110. The molecule has 68 valence electrons. The topological polar surface area (TPSA) is 80.9 Å². The lowest BCUT2D eigenvalue weighted by atomic mass is 9.92. The van der Waals surface area contributed by atoms with Crippen LogP contribution in [0.3, 0.4) is 0 Å². The summed E-state index contributed by atoms with van der Waals surface area (Å²) >= 11 is 10.4. The summed E-state index contributed by atoms with van der Waals surface area (Å²) in [5.74, 6) is 0. The number of hydrogen-bond donors (Lipinski definition) is 4. The SMILES string of the molecule is OCC(CO)(CO)C(O)(Cl)Cl. The fourth-order valence-electron chi connectivity index (χ4n) is 0.435. The second-order valence-electron chi connectivity index (χ2n) is 2.30. The Morgan fingerprint density at radius 3 is 1.18 bits per heavy atom. The number of halogens is 2. The highest BCUT2D eigenvalue weighted by atomic mass is 35.5. The van der Waals surface area contributed by atoms with E-state index < -0.39 is 29.8 Å². The van der Waals surface area contributed by atoms with Crippen LogP contribution >= 0.6 is 23.2 Å². The average Bonchev–Trinajstić information content (AvgIpc) is 1.90. The molecule has 0 heterocycles. The number of aliphatic hydroxyl groups is 4. The third-order valence-electron chi connectivity index (χ3n) is 1.55. The first-order valence-corrected chi connectivity index (χ1v) is 3.62. The van der Waals surface area contributed by atoms with Crippen molar-refractivity contribution in [2.75, 3.05) is 19.8 Å². The van der Waals surface area contributed by atoms with Gasteiger partial charge in [-0.05, 0) is 0 Å². The molecule has 0 aliphatic carbocycles. The van der Waals surface area contributed by atoms with E-state index in [0.29, 0.717) is 0 Å². The number of alkyl halides is 2. The molecular weight excluding hydrogens is 195 g/mol. The smallest absolute Gasteiger partial charge is 0.227 e. The molecule has 0 aliphatic heterocycles. The minimum absolute atomic E-state index is 0.705. The molecule has 6 heteroatoms. The fourth-order valence-corrected chi connectivity index (χ4v) is 0.794. The highest BCUT2D eigenvalue weighted by Gasteiger charge is 2.47. The minimum Gasteiger partial charge on any atom is -0.395 e. The molecule has 0 unspecified atom stereocenters. The Labute approximate surface area is 74.0 Å². The molecule has 0 aromatic rings. The first kappa shape index (κ1) is 11.4. The quantitative estimate of drug-likeness (QED) is 0.447. The molecule has 0 amide bonds. The van der Waals surface area contributed by atoms with Crippen LogP contribution in [0, 0.1) is 5.41 Å². The van der Waals surface area contributed by atoms with Crippen molar-refractivity contribution in [3.63, 3.8) is 0 Å². The van der Waals surface area contributed by atoms with Crippen LogP contribution in [0.4, 0.5) is 0 Å². The third kappa shape index (κ3) is 2.18. The molecule has 4 nitrogen and oxygen atoms in total. The van der Waals surface area contributed by atoms with Crippen LogP contribution in [0.2, 0.25) is 0 Å². The Morgan fingerprint density at radius 1 is 0.909 bits per heavy atom. The average molecular weight is 205 g/mol. The van der Waals surface area contributed by atoms with Crippen molar-refractivity contribution < 1.29 is 20.4 Å². The van der Waals surface area contributed by atoms with Crippen LogP contribution < -0.4 is 0 Å². The summed E-state index contributed by atoms with van der Waals surface area (Å²) in [6.45, 7) is -2.11. The standard InChI is InChI=1S/C5H10Cl2O4/c6-5(7,11)4(1-8,2-9)3-10/h8-11H,1-3H2. The summed E-state index contributed by atoms with van der Waals surface area (Å²) in [5.41, 5.74) is -1.68. The van der Waals surface area contributed by atoms with E-state index in [1.165, 1.54) is 0 Å². The third-order valence-corrected chi connectivity index (χ3v) is 2.35. The molecule has 0 fully saturated rings. The van der Waals surface area contributed by atoms with Gasteiger partial charge in [0.05, 0.1) is 25.2 Å². The van der Waals surface area contributed by atoms with Gasteiger partial charge in [0.15, 0.2) is 0 Å². The van der Waals surface area contributed by atoms with Crippen molar-refractivity contribution in [1.82, 2.24) is 0 Å². The Hall–Kier alpha value is 0.420. The molecule has 0 radical (unpaired) electrons. The summed E-state index contributed by atoms with van der Waals surface area (Å²) in [5, 5.41) is 35.0. The van der Waals surface area contributed by atoms with Crippen molar-refractivity contribution in [1.29, 1.82) is 0 Å². The maximum Gasteiger partial charge on any atom is 0.227 e. The van der Waals surface area contributed by atoms with Crippen LogP contribution in [-0.2, 0) is 0 Å². The maximum atomic E-state index is 8.98. The molecule has 0 aromatic heterocycles. The first-order chi connectivity index (χ1) is 4.93. The molecule has 0 atom stereocenters. The van der Waals surface area contributed by atoms with E-state index in [9.17, 15) is 0 Å². The van der Waals surface area contributed by atoms with Crippen molar-refractivity contribution in [2.45, 2.75) is 4.52 Å². The number of aliphatic hydroxyl groups excluding tert-OH is 3. The molecule has 0 rings (SSSR count). The fraction of sp³-hybridized carbons (Fsp3) is 1.00. The first-order valence-electron chi connectivity index (χ1n) is 2.86. The van der Waals surface area contributed by atoms with E-state index in [1.54, 1.807) is 0 Å². The summed E-state index contributed by atoms with van der Waals surface area (Å²) in [6.07, 6.45) is 0. The van der Waals surface area contributed by atoms with Gasteiger partial charge in [-0.15, -0.1) is 0 Å². The van der Waals surface area contributed by atoms with Crippen molar-refractivity contribution in [3.05, 3.63) is 0 Å². The second-order valence-corrected chi connectivity index (χ2v) is 3.58. The van der Waals surface area contributed by atoms with E-state index in [1.807, 2.05) is 0 Å². The molecule has 0 saturated carbocycles. The van der Waals surface area contributed by atoms with Crippen molar-refractivity contribution in [2.24, 2.45) is 5.41 Å². The van der Waals surface area contributed by atoms with Gasteiger partial charge in [0.2, 0.25) is 4.52 Å². The summed E-state index contributed by atoms with van der Waals surface area (Å²) in [7, 11) is 0. The molecule has 11 heavy (non-hydrogen) atoms. The van der Waals surface area contributed by atoms with Crippen LogP contribution in [-0.4, -0.2) is 44.8 Å². The Kier molecular flexibility index (Phi) is 4.04. The second kappa shape index (κ2) is 3.89. The molecule has 0 aromatic carbocycles. The van der Waals surface area contributed by atoms with Gasteiger partial charge < -0.3 is 20.4 Å². The molecular formula is C5H10Cl2O4. The van der Waals surface area contributed by atoms with E-state index in [4.69, 9.17) is 43.6 Å². The highest BCUT2D eigenvalue weighted by Crippen LogP contribution is 2.37. The normalized spacial score (nSPS) is 13.6. The van der Waals surface area contributed by atoms with Gasteiger partial charge in [0.25, 0.3) is 0 Å². The maximum absolute atomic E-state index is 8.98. The Morgan fingerprint density at radius 2 is 1.18 bits per heavy atom. The van der Waals surface area contributed by atoms with E-state index in [0.717, 1.165) is 0 Å². The largest absolute Gasteiger partial charge is 0.395 e. The van der Waals surface area contributed by atoms with Gasteiger partial charge in [-0.2, -0.15) is 0 Å². The van der Waals surface area contributed by atoms with Gasteiger partial charge >= 0.3 is 0 Å². The lowest BCUT2D eigenvalue weighted by molar-refractivity contribution is -0.0688. The Balaban J connectivity index is 4.54. The molecule has 0 aliphatic rings. The van der Waals surface area contributed by atoms with Crippen LogP contribution in [0.1, 0.15) is 0 Å². The van der Waals surface area contributed by atoms with Crippen LogP contribution in [0.15, 0.2) is 0 Å². The van der Waals surface area contributed by atoms with E-state index in [2.05, 4.69) is 0 Å². The van der Waals surface area contributed by atoms with Crippen molar-refractivity contribution >= 4 is 23.2 Å². The molecule has 0 spiro atoms. The monoisotopic (exact) mass is 204 g/mol. The van der Waals surface area contributed by atoms with Crippen LogP contribution in [0.5, 0.6) is 0 Å². The highest BCUT2D eigenvalue weighted by molar-refractivity contribution is 6.47. The number of rotatable bonds is 4. The van der Waals surface area contributed by atoms with Gasteiger partial charge in [0, 0.05) is 0 Å². The van der Waals surface area contributed by atoms with Gasteiger partial charge in [-0.3, -0.25) is 0 Å². The number of hydrogen-bond acceptors (Lipinski definition) is 4. The van der Waals surface area contributed by atoms with E-state index in [-0.39, 0.29) is 0 Å². The molecule has 0 saturated heterocycles. The van der Waals surface area contributed by atoms with Gasteiger partial charge in [-0.1, -0.05) is 23.2 Å². The lowest BCUT2D eigenvalue weighted by Gasteiger charge is -2.34. The summed E-state index contributed by atoms with van der Waals surface area (Å²) in [6, 6.07) is 0. The predicted octanol–water partition coefficient (Wildman–Crippen LogP) is -0.927. The van der Waals surface area contributed by atoms with Crippen LogP contribution in [0.25, 0.3) is 0 Å².